The Hall–Kier alpha value is -1.00. The molecular weight excluding hydrogens is 246 g/mol. The van der Waals surface area contributed by atoms with Crippen LogP contribution >= 0.6 is 10.7 Å². The third-order valence-electron chi connectivity index (χ3n) is 2.92. The number of nitrogens with one attached hydrogen (secondary N) is 1. The van der Waals surface area contributed by atoms with Gasteiger partial charge < -0.3 is 4.98 Å². The van der Waals surface area contributed by atoms with E-state index in [0.717, 1.165) is 11.2 Å². The lowest BCUT2D eigenvalue weighted by molar-refractivity contribution is 0.610. The fourth-order valence-corrected chi connectivity index (χ4v) is 3.05. The molecule has 1 aromatic carbocycles. The Morgan fingerprint density at radius 3 is 2.69 bits per heavy atom. The SMILES string of the molecule is O=S(=O)(Cl)c1cccc2[nH]c(C3CC3)cc12. The second-order valence-corrected chi connectivity index (χ2v) is 6.69. The monoisotopic (exact) mass is 255 g/mol. The Labute approximate surface area is 97.8 Å². The van der Waals surface area contributed by atoms with E-state index in [1.807, 2.05) is 12.1 Å². The van der Waals surface area contributed by atoms with Crippen molar-refractivity contribution in [3.05, 3.63) is 30.0 Å². The quantitative estimate of drug-likeness (QED) is 0.839. The summed E-state index contributed by atoms with van der Waals surface area (Å²) >= 11 is 0. The Morgan fingerprint density at radius 2 is 2.06 bits per heavy atom. The van der Waals surface area contributed by atoms with Gasteiger partial charge in [0.2, 0.25) is 0 Å². The van der Waals surface area contributed by atoms with Gasteiger partial charge in [0.25, 0.3) is 9.05 Å². The van der Waals surface area contributed by atoms with Crippen LogP contribution < -0.4 is 0 Å². The van der Waals surface area contributed by atoms with Gasteiger partial charge in [-0.25, -0.2) is 8.42 Å². The van der Waals surface area contributed by atoms with E-state index in [1.165, 1.54) is 18.9 Å². The van der Waals surface area contributed by atoms with Crippen molar-refractivity contribution < 1.29 is 8.42 Å². The average molecular weight is 256 g/mol. The van der Waals surface area contributed by atoms with Crippen LogP contribution in [0.5, 0.6) is 0 Å². The number of aromatic amines is 1. The van der Waals surface area contributed by atoms with Crippen molar-refractivity contribution in [2.24, 2.45) is 0 Å². The third-order valence-corrected chi connectivity index (χ3v) is 4.30. The minimum Gasteiger partial charge on any atom is -0.358 e. The summed E-state index contributed by atoms with van der Waals surface area (Å²) in [5, 5.41) is 0.694. The van der Waals surface area contributed by atoms with Gasteiger partial charge in [0.1, 0.15) is 0 Å². The van der Waals surface area contributed by atoms with E-state index in [9.17, 15) is 8.42 Å². The van der Waals surface area contributed by atoms with Crippen LogP contribution in [0.2, 0.25) is 0 Å². The first-order chi connectivity index (χ1) is 7.55. The molecule has 3 rings (SSSR count). The molecule has 1 aromatic heterocycles. The lowest BCUT2D eigenvalue weighted by Crippen LogP contribution is -1.90. The molecule has 0 radical (unpaired) electrons. The standard InChI is InChI=1S/C11H10ClNO2S/c12-16(14,15)11-3-1-2-9-8(11)6-10(13-9)7-4-5-7/h1-3,6-7,13H,4-5H2. The average Bonchev–Trinajstić information content (AvgIpc) is 2.95. The number of H-pyrrole nitrogens is 1. The summed E-state index contributed by atoms with van der Waals surface area (Å²) in [6.45, 7) is 0. The largest absolute Gasteiger partial charge is 0.358 e. The smallest absolute Gasteiger partial charge is 0.261 e. The minimum atomic E-state index is -3.67. The zero-order valence-corrected chi connectivity index (χ0v) is 9.98. The molecule has 1 saturated carbocycles. The van der Waals surface area contributed by atoms with Crippen molar-refractivity contribution in [1.29, 1.82) is 0 Å². The summed E-state index contributed by atoms with van der Waals surface area (Å²) in [4.78, 5) is 3.44. The van der Waals surface area contributed by atoms with Gasteiger partial charge in [0.05, 0.1) is 4.90 Å². The zero-order chi connectivity index (χ0) is 11.3. The number of rotatable bonds is 2. The van der Waals surface area contributed by atoms with Gasteiger partial charge in [-0.1, -0.05) is 6.07 Å². The molecule has 0 amide bonds. The highest BCUT2D eigenvalue weighted by molar-refractivity contribution is 8.14. The molecule has 3 nitrogen and oxygen atoms in total. The number of benzene rings is 1. The molecule has 0 spiro atoms. The Bertz CT molecular complexity index is 656. The molecule has 2 aromatic rings. The number of hydrogen-bond donors (Lipinski definition) is 1. The number of aromatic nitrogens is 1. The number of hydrogen-bond acceptors (Lipinski definition) is 2. The topological polar surface area (TPSA) is 49.9 Å². The van der Waals surface area contributed by atoms with E-state index < -0.39 is 9.05 Å². The summed E-state index contributed by atoms with van der Waals surface area (Å²) < 4.78 is 22.8. The Kier molecular flexibility index (Phi) is 2.06. The maximum atomic E-state index is 11.4. The van der Waals surface area contributed by atoms with Crippen molar-refractivity contribution in [3.8, 4) is 0 Å². The molecule has 16 heavy (non-hydrogen) atoms. The van der Waals surface area contributed by atoms with E-state index in [-0.39, 0.29) is 4.90 Å². The summed E-state index contributed by atoms with van der Waals surface area (Å²) in [5.41, 5.74) is 1.95. The second kappa shape index (κ2) is 3.25. The van der Waals surface area contributed by atoms with Crippen molar-refractivity contribution >= 4 is 30.6 Å². The molecule has 0 atom stereocenters. The normalized spacial score (nSPS) is 16.8. The van der Waals surface area contributed by atoms with E-state index in [2.05, 4.69) is 4.98 Å². The van der Waals surface area contributed by atoms with Crippen molar-refractivity contribution in [3.63, 3.8) is 0 Å². The lowest BCUT2D eigenvalue weighted by Gasteiger charge is -1.96. The number of halogens is 1. The molecular formula is C11H10ClNO2S. The first-order valence-corrected chi connectivity index (χ1v) is 7.43. The summed E-state index contributed by atoms with van der Waals surface area (Å²) in [7, 11) is 1.73. The predicted octanol–water partition coefficient (Wildman–Crippen LogP) is 2.97. The molecule has 1 aliphatic rings. The molecule has 0 aliphatic heterocycles. The van der Waals surface area contributed by atoms with Crippen LogP contribution in [0.3, 0.4) is 0 Å². The van der Waals surface area contributed by atoms with Crippen molar-refractivity contribution in [2.75, 3.05) is 0 Å². The fraction of sp³-hybridized carbons (Fsp3) is 0.273. The summed E-state index contributed by atoms with van der Waals surface area (Å²) in [6, 6.07) is 7.01. The highest BCUT2D eigenvalue weighted by Gasteiger charge is 2.26. The van der Waals surface area contributed by atoms with Crippen molar-refractivity contribution in [1.82, 2.24) is 4.98 Å². The van der Waals surface area contributed by atoms with Crippen LogP contribution in [0.1, 0.15) is 24.5 Å². The fourth-order valence-electron chi connectivity index (χ4n) is 1.98. The van der Waals surface area contributed by atoms with E-state index in [4.69, 9.17) is 10.7 Å². The maximum absolute atomic E-state index is 11.4. The highest BCUT2D eigenvalue weighted by atomic mass is 35.7. The van der Waals surface area contributed by atoms with Crippen LogP contribution in [0.25, 0.3) is 10.9 Å². The molecule has 1 fully saturated rings. The van der Waals surface area contributed by atoms with Gasteiger partial charge in [-0.3, -0.25) is 0 Å². The van der Waals surface area contributed by atoms with E-state index >= 15 is 0 Å². The molecule has 1 N–H and O–H groups in total. The number of fused-ring (bicyclic) bond motifs is 1. The Balaban J connectivity index is 2.29. The van der Waals surface area contributed by atoms with Crippen LogP contribution in [-0.2, 0) is 9.05 Å². The van der Waals surface area contributed by atoms with Gasteiger partial charge in [-0.05, 0) is 37.0 Å². The summed E-state index contributed by atoms with van der Waals surface area (Å²) in [6.07, 6.45) is 2.35. The molecule has 5 heteroatoms. The van der Waals surface area contributed by atoms with Crippen LogP contribution in [-0.4, -0.2) is 13.4 Å². The first-order valence-electron chi connectivity index (χ1n) is 5.12. The lowest BCUT2D eigenvalue weighted by atomic mass is 10.2. The maximum Gasteiger partial charge on any atom is 0.261 e. The van der Waals surface area contributed by atoms with Crippen molar-refractivity contribution in [2.45, 2.75) is 23.7 Å². The van der Waals surface area contributed by atoms with E-state index in [0.29, 0.717) is 11.3 Å². The van der Waals surface area contributed by atoms with Gasteiger partial charge >= 0.3 is 0 Å². The summed E-state index contributed by atoms with van der Waals surface area (Å²) in [5.74, 6) is 0.568. The van der Waals surface area contributed by atoms with Gasteiger partial charge in [-0.2, -0.15) is 0 Å². The van der Waals surface area contributed by atoms with Gasteiger partial charge in [-0.15, -0.1) is 0 Å². The predicted molar refractivity (Wildman–Crippen MR) is 63.3 cm³/mol. The molecule has 0 saturated heterocycles. The van der Waals surface area contributed by atoms with Gasteiger partial charge in [0, 0.05) is 27.3 Å². The Morgan fingerprint density at radius 1 is 1.31 bits per heavy atom. The third kappa shape index (κ3) is 1.62. The molecule has 0 unspecified atom stereocenters. The van der Waals surface area contributed by atoms with Crippen LogP contribution in [0.15, 0.2) is 29.2 Å². The molecule has 0 bridgehead atoms. The first kappa shape index (κ1) is 10.2. The highest BCUT2D eigenvalue weighted by Crippen LogP contribution is 2.41. The van der Waals surface area contributed by atoms with Crippen LogP contribution in [0, 0.1) is 0 Å². The molecule has 84 valence electrons. The van der Waals surface area contributed by atoms with E-state index in [1.54, 1.807) is 6.07 Å². The molecule has 1 heterocycles. The minimum absolute atomic E-state index is 0.190. The van der Waals surface area contributed by atoms with Crippen LogP contribution in [0.4, 0.5) is 0 Å². The second-order valence-electron chi connectivity index (χ2n) is 4.15. The molecule has 1 aliphatic carbocycles. The van der Waals surface area contributed by atoms with Gasteiger partial charge in [0.15, 0.2) is 0 Å². The zero-order valence-electron chi connectivity index (χ0n) is 8.40.